The maximum absolute atomic E-state index is 14.0. The summed E-state index contributed by atoms with van der Waals surface area (Å²) >= 11 is 12.5. The second kappa shape index (κ2) is 10.1. The van der Waals surface area contributed by atoms with E-state index in [2.05, 4.69) is 9.47 Å². The standard InChI is InChI=1S/C27H31Cl2N3O/c28-22-16-15-19(17-23(22)29)27-30-24-13-7-8-14-25(24)31(27)18-26(33)32(20-9-3-1-4-10-20)21-11-5-2-6-12-21/h7-8,13-17,20-21H,1-6,9-12,18H2. The number of carbonyl (C=O) groups is 1. The van der Waals surface area contributed by atoms with Gasteiger partial charge in [0.05, 0.1) is 21.1 Å². The molecule has 1 heterocycles. The van der Waals surface area contributed by atoms with E-state index in [1.54, 1.807) is 6.07 Å². The van der Waals surface area contributed by atoms with Crippen molar-refractivity contribution in [3.8, 4) is 11.4 Å². The van der Waals surface area contributed by atoms with Gasteiger partial charge < -0.3 is 9.47 Å². The Labute approximate surface area is 205 Å². The lowest BCUT2D eigenvalue weighted by Gasteiger charge is -2.42. The Kier molecular flexibility index (Phi) is 6.94. The molecular formula is C27H31Cl2N3O. The molecule has 2 saturated carbocycles. The Morgan fingerprint density at radius 3 is 2.15 bits per heavy atom. The third kappa shape index (κ3) is 4.79. The van der Waals surface area contributed by atoms with Crippen molar-refractivity contribution in [3.05, 3.63) is 52.5 Å². The number of aromatic nitrogens is 2. The maximum atomic E-state index is 14.0. The zero-order valence-corrected chi connectivity index (χ0v) is 20.5. The fourth-order valence-electron chi connectivity index (χ4n) is 5.73. The van der Waals surface area contributed by atoms with Crippen LogP contribution in [0.25, 0.3) is 22.4 Å². The number of para-hydroxylation sites is 2. The molecule has 0 aliphatic heterocycles. The molecule has 174 valence electrons. The molecule has 2 fully saturated rings. The number of halogens is 2. The summed E-state index contributed by atoms with van der Waals surface area (Å²) in [7, 11) is 0. The molecule has 1 aromatic heterocycles. The van der Waals surface area contributed by atoms with Crippen molar-refractivity contribution >= 4 is 40.1 Å². The van der Waals surface area contributed by atoms with Gasteiger partial charge in [-0.15, -0.1) is 0 Å². The predicted molar refractivity (Wildman–Crippen MR) is 136 cm³/mol. The third-order valence-corrected chi connectivity index (χ3v) is 8.09. The van der Waals surface area contributed by atoms with Crippen LogP contribution in [0.4, 0.5) is 0 Å². The highest BCUT2D eigenvalue weighted by molar-refractivity contribution is 6.42. The zero-order chi connectivity index (χ0) is 22.8. The fourth-order valence-corrected chi connectivity index (χ4v) is 6.03. The molecule has 3 aromatic rings. The number of hydrogen-bond donors (Lipinski definition) is 0. The van der Waals surface area contributed by atoms with E-state index in [-0.39, 0.29) is 5.91 Å². The van der Waals surface area contributed by atoms with E-state index in [1.165, 1.54) is 38.5 Å². The number of rotatable bonds is 5. The number of nitrogens with zero attached hydrogens (tertiary/aromatic N) is 3. The average Bonchev–Trinajstić information content (AvgIpc) is 3.21. The molecule has 0 bridgehead atoms. The highest BCUT2D eigenvalue weighted by atomic mass is 35.5. The minimum Gasteiger partial charge on any atom is -0.335 e. The summed E-state index contributed by atoms with van der Waals surface area (Å²) in [5.41, 5.74) is 2.72. The largest absolute Gasteiger partial charge is 0.335 e. The van der Waals surface area contributed by atoms with E-state index < -0.39 is 0 Å². The van der Waals surface area contributed by atoms with E-state index in [0.29, 0.717) is 28.7 Å². The minimum atomic E-state index is 0.221. The van der Waals surface area contributed by atoms with E-state index in [4.69, 9.17) is 28.2 Å². The molecule has 5 rings (SSSR count). The van der Waals surface area contributed by atoms with Gasteiger partial charge in [0.15, 0.2) is 0 Å². The van der Waals surface area contributed by atoms with Crippen molar-refractivity contribution < 1.29 is 4.79 Å². The number of benzene rings is 2. The van der Waals surface area contributed by atoms with Crippen LogP contribution in [0.5, 0.6) is 0 Å². The smallest absolute Gasteiger partial charge is 0.243 e. The van der Waals surface area contributed by atoms with Crippen LogP contribution in [0.15, 0.2) is 42.5 Å². The van der Waals surface area contributed by atoms with Crippen LogP contribution in [0.2, 0.25) is 10.0 Å². The number of imidazole rings is 1. The Morgan fingerprint density at radius 2 is 1.52 bits per heavy atom. The van der Waals surface area contributed by atoms with Gasteiger partial charge in [-0.3, -0.25) is 4.79 Å². The molecule has 2 aliphatic rings. The highest BCUT2D eigenvalue weighted by Gasteiger charge is 2.33. The van der Waals surface area contributed by atoms with Gasteiger partial charge in [-0.2, -0.15) is 0 Å². The lowest BCUT2D eigenvalue weighted by atomic mass is 9.88. The normalized spacial score (nSPS) is 18.0. The molecule has 0 radical (unpaired) electrons. The molecule has 2 aliphatic carbocycles. The number of hydrogen-bond acceptors (Lipinski definition) is 2. The summed E-state index contributed by atoms with van der Waals surface area (Å²) in [6, 6.07) is 14.3. The van der Waals surface area contributed by atoms with Gasteiger partial charge >= 0.3 is 0 Å². The first kappa shape index (κ1) is 22.7. The Hall–Kier alpha value is -2.04. The van der Waals surface area contributed by atoms with Crippen molar-refractivity contribution in [1.82, 2.24) is 14.5 Å². The fraction of sp³-hybridized carbons (Fsp3) is 0.481. The summed E-state index contributed by atoms with van der Waals surface area (Å²) in [5, 5.41) is 1.00. The second-order valence-electron chi connectivity index (χ2n) is 9.52. The molecule has 1 amide bonds. The first-order chi connectivity index (χ1) is 16.1. The van der Waals surface area contributed by atoms with E-state index >= 15 is 0 Å². The SMILES string of the molecule is O=C(Cn1c(-c2ccc(Cl)c(Cl)c2)nc2ccccc21)N(C1CCCCC1)C1CCCCC1. The van der Waals surface area contributed by atoms with Crippen molar-refractivity contribution in [3.63, 3.8) is 0 Å². The summed E-state index contributed by atoms with van der Waals surface area (Å²) in [6.07, 6.45) is 12.0. The van der Waals surface area contributed by atoms with Gasteiger partial charge in [-0.1, -0.05) is 73.9 Å². The van der Waals surface area contributed by atoms with Crippen LogP contribution < -0.4 is 0 Å². The van der Waals surface area contributed by atoms with Crippen LogP contribution in [0.3, 0.4) is 0 Å². The monoisotopic (exact) mass is 483 g/mol. The summed E-state index contributed by atoms with van der Waals surface area (Å²) in [6.45, 7) is 0.295. The van der Waals surface area contributed by atoms with Gasteiger partial charge in [-0.25, -0.2) is 4.98 Å². The molecule has 0 saturated heterocycles. The quantitative estimate of drug-likeness (QED) is 0.376. The van der Waals surface area contributed by atoms with Crippen molar-refractivity contribution in [2.45, 2.75) is 82.8 Å². The van der Waals surface area contributed by atoms with Crippen LogP contribution in [-0.4, -0.2) is 32.4 Å². The molecule has 33 heavy (non-hydrogen) atoms. The molecule has 2 aromatic carbocycles. The van der Waals surface area contributed by atoms with E-state index in [9.17, 15) is 4.79 Å². The first-order valence-corrected chi connectivity index (χ1v) is 13.1. The topological polar surface area (TPSA) is 38.1 Å². The van der Waals surface area contributed by atoms with Gasteiger partial charge in [-0.05, 0) is 56.0 Å². The molecule has 0 spiro atoms. The van der Waals surface area contributed by atoms with E-state index in [1.807, 2.05) is 36.4 Å². The second-order valence-corrected chi connectivity index (χ2v) is 10.3. The van der Waals surface area contributed by atoms with Crippen LogP contribution >= 0.6 is 23.2 Å². The number of carbonyl (C=O) groups excluding carboxylic acids is 1. The Morgan fingerprint density at radius 1 is 0.879 bits per heavy atom. The molecule has 0 N–H and O–H groups in total. The highest BCUT2D eigenvalue weighted by Crippen LogP contribution is 2.33. The molecule has 0 unspecified atom stereocenters. The maximum Gasteiger partial charge on any atom is 0.243 e. The van der Waals surface area contributed by atoms with Crippen LogP contribution in [-0.2, 0) is 11.3 Å². The van der Waals surface area contributed by atoms with Gasteiger partial charge in [0.25, 0.3) is 0 Å². The molecular weight excluding hydrogens is 453 g/mol. The summed E-state index contributed by atoms with van der Waals surface area (Å²) in [5.74, 6) is 0.980. The van der Waals surface area contributed by atoms with Crippen molar-refractivity contribution in [2.24, 2.45) is 0 Å². The molecule has 4 nitrogen and oxygen atoms in total. The molecule has 6 heteroatoms. The van der Waals surface area contributed by atoms with Crippen LogP contribution in [0.1, 0.15) is 64.2 Å². The predicted octanol–water partition coefficient (Wildman–Crippen LogP) is 7.50. The van der Waals surface area contributed by atoms with Gasteiger partial charge in [0.2, 0.25) is 5.91 Å². The lowest BCUT2D eigenvalue weighted by molar-refractivity contribution is -0.138. The molecule has 0 atom stereocenters. The summed E-state index contributed by atoms with van der Waals surface area (Å²) < 4.78 is 2.07. The lowest BCUT2D eigenvalue weighted by Crippen LogP contribution is -2.50. The van der Waals surface area contributed by atoms with Crippen molar-refractivity contribution in [2.75, 3.05) is 0 Å². The Balaban J connectivity index is 1.52. The number of amides is 1. The number of fused-ring (bicyclic) bond motifs is 1. The minimum absolute atomic E-state index is 0.221. The summed E-state index contributed by atoms with van der Waals surface area (Å²) in [4.78, 5) is 21.2. The van der Waals surface area contributed by atoms with Gasteiger partial charge in [0.1, 0.15) is 12.4 Å². The third-order valence-electron chi connectivity index (χ3n) is 7.35. The van der Waals surface area contributed by atoms with E-state index in [0.717, 1.165) is 48.1 Å². The average molecular weight is 484 g/mol. The van der Waals surface area contributed by atoms with Crippen molar-refractivity contribution in [1.29, 1.82) is 0 Å². The first-order valence-electron chi connectivity index (χ1n) is 12.3. The zero-order valence-electron chi connectivity index (χ0n) is 19.0. The Bertz CT molecular complexity index is 1110. The van der Waals surface area contributed by atoms with Crippen LogP contribution in [0, 0.1) is 0 Å². The van der Waals surface area contributed by atoms with Gasteiger partial charge in [0, 0.05) is 17.6 Å².